The fraction of sp³-hybridized carbons (Fsp3) is 0.222. The van der Waals surface area contributed by atoms with E-state index in [0.29, 0.717) is 19.0 Å². The van der Waals surface area contributed by atoms with Crippen molar-refractivity contribution in [3.63, 3.8) is 0 Å². The Bertz CT molecular complexity index is 895. The zero-order valence-electron chi connectivity index (χ0n) is 14.9. The molecule has 0 aliphatic carbocycles. The first-order valence-corrected chi connectivity index (χ1v) is 8.42. The molecular formula is C18H22IN7O. The topological polar surface area (TPSA) is 95.7 Å². The first-order valence-electron chi connectivity index (χ1n) is 8.42. The molecule has 0 spiro atoms. The van der Waals surface area contributed by atoms with Crippen molar-refractivity contribution in [2.24, 2.45) is 4.99 Å². The van der Waals surface area contributed by atoms with Gasteiger partial charge in [0.15, 0.2) is 17.4 Å². The van der Waals surface area contributed by atoms with Gasteiger partial charge in [-0.25, -0.2) is 4.99 Å². The second-order valence-electron chi connectivity index (χ2n) is 5.51. The summed E-state index contributed by atoms with van der Waals surface area (Å²) in [5.41, 5.74) is 1.54. The smallest absolute Gasteiger partial charge is 0.243 e. The lowest BCUT2D eigenvalue weighted by atomic mass is 10.3. The lowest BCUT2D eigenvalue weighted by molar-refractivity contribution is -0.115. The number of nitrogens with one attached hydrogen (secondary N) is 3. The minimum absolute atomic E-state index is 0. The van der Waals surface area contributed by atoms with E-state index in [1.807, 2.05) is 66.1 Å². The van der Waals surface area contributed by atoms with E-state index >= 15 is 0 Å². The maximum Gasteiger partial charge on any atom is 0.243 e. The Balaban J connectivity index is 0.00000261. The molecule has 3 rings (SSSR count). The van der Waals surface area contributed by atoms with E-state index in [9.17, 15) is 4.79 Å². The highest BCUT2D eigenvalue weighted by molar-refractivity contribution is 14.0. The summed E-state index contributed by atoms with van der Waals surface area (Å²) < 4.78 is 1.88. The Morgan fingerprint density at radius 3 is 2.63 bits per heavy atom. The third kappa shape index (κ3) is 5.91. The molecule has 27 heavy (non-hydrogen) atoms. The average molecular weight is 479 g/mol. The quantitative estimate of drug-likeness (QED) is 0.286. The van der Waals surface area contributed by atoms with Crippen LogP contribution in [0.1, 0.15) is 12.7 Å². The van der Waals surface area contributed by atoms with Crippen LogP contribution in [0.4, 0.5) is 5.69 Å². The number of carbonyl (C=O) groups excluding carboxylic acids is 1. The SMILES string of the molecule is CCNC(=NCc1nnc2ccccn12)NCC(=O)Nc1ccccc1.I. The normalized spacial score (nSPS) is 10.9. The fourth-order valence-electron chi connectivity index (χ4n) is 2.38. The lowest BCUT2D eigenvalue weighted by Gasteiger charge is -2.11. The van der Waals surface area contributed by atoms with Crippen molar-refractivity contribution in [1.29, 1.82) is 0 Å². The minimum Gasteiger partial charge on any atom is -0.357 e. The highest BCUT2D eigenvalue weighted by Crippen LogP contribution is 2.05. The zero-order chi connectivity index (χ0) is 18.2. The number of carbonyl (C=O) groups is 1. The molecule has 0 fully saturated rings. The summed E-state index contributed by atoms with van der Waals surface area (Å²) in [7, 11) is 0. The largest absolute Gasteiger partial charge is 0.357 e. The van der Waals surface area contributed by atoms with Crippen molar-refractivity contribution in [3.05, 3.63) is 60.6 Å². The van der Waals surface area contributed by atoms with E-state index < -0.39 is 0 Å². The fourth-order valence-corrected chi connectivity index (χ4v) is 2.38. The summed E-state index contributed by atoms with van der Waals surface area (Å²) in [6, 6.07) is 15.0. The maximum absolute atomic E-state index is 12.0. The third-order valence-electron chi connectivity index (χ3n) is 3.58. The van der Waals surface area contributed by atoms with E-state index in [4.69, 9.17) is 0 Å². The van der Waals surface area contributed by atoms with Gasteiger partial charge in [0, 0.05) is 18.4 Å². The highest BCUT2D eigenvalue weighted by Gasteiger charge is 2.06. The number of anilines is 1. The first-order chi connectivity index (χ1) is 12.8. The Hall–Kier alpha value is -2.69. The molecule has 9 heteroatoms. The van der Waals surface area contributed by atoms with E-state index in [1.54, 1.807) is 0 Å². The van der Waals surface area contributed by atoms with Gasteiger partial charge in [0.2, 0.25) is 5.91 Å². The standard InChI is InChI=1S/C18H21N7O.HI/c1-2-19-18(21-13-17(26)22-14-8-4-3-5-9-14)20-12-16-24-23-15-10-6-7-11-25(15)16;/h3-11H,2,12-13H2,1H3,(H,22,26)(H2,19,20,21);1H. The Morgan fingerprint density at radius 2 is 1.85 bits per heavy atom. The van der Waals surface area contributed by atoms with E-state index in [-0.39, 0.29) is 36.4 Å². The molecule has 0 aliphatic heterocycles. The summed E-state index contributed by atoms with van der Waals surface area (Å²) in [5, 5.41) is 17.2. The monoisotopic (exact) mass is 479 g/mol. The van der Waals surface area contributed by atoms with Crippen molar-refractivity contribution in [2.75, 3.05) is 18.4 Å². The molecule has 1 aromatic carbocycles. The van der Waals surface area contributed by atoms with Gasteiger partial charge in [-0.3, -0.25) is 9.20 Å². The van der Waals surface area contributed by atoms with Crippen LogP contribution in [0, 0.1) is 0 Å². The molecule has 0 saturated heterocycles. The van der Waals surface area contributed by atoms with Crippen LogP contribution >= 0.6 is 24.0 Å². The summed E-state index contributed by atoms with van der Waals surface area (Å²) in [6.45, 7) is 3.11. The van der Waals surface area contributed by atoms with Gasteiger partial charge in [-0.05, 0) is 31.2 Å². The van der Waals surface area contributed by atoms with E-state index in [0.717, 1.165) is 17.2 Å². The predicted molar refractivity (Wildman–Crippen MR) is 116 cm³/mol. The number of amides is 1. The van der Waals surface area contributed by atoms with Crippen LogP contribution in [-0.2, 0) is 11.3 Å². The number of guanidine groups is 1. The van der Waals surface area contributed by atoms with Gasteiger partial charge < -0.3 is 16.0 Å². The molecule has 0 saturated carbocycles. The lowest BCUT2D eigenvalue weighted by Crippen LogP contribution is -2.41. The van der Waals surface area contributed by atoms with E-state index in [1.165, 1.54) is 0 Å². The Kier molecular flexibility index (Phi) is 7.99. The number of rotatable bonds is 6. The van der Waals surface area contributed by atoms with Gasteiger partial charge in [0.25, 0.3) is 0 Å². The van der Waals surface area contributed by atoms with Gasteiger partial charge in [0.1, 0.15) is 6.54 Å². The van der Waals surface area contributed by atoms with Crippen molar-refractivity contribution in [1.82, 2.24) is 25.2 Å². The predicted octanol–water partition coefficient (Wildman–Crippen LogP) is 2.04. The number of benzene rings is 1. The molecule has 0 atom stereocenters. The second kappa shape index (κ2) is 10.5. The van der Waals surface area contributed by atoms with Crippen LogP contribution in [0.15, 0.2) is 59.7 Å². The van der Waals surface area contributed by atoms with Gasteiger partial charge in [-0.15, -0.1) is 34.2 Å². The summed E-state index contributed by atoms with van der Waals surface area (Å²) >= 11 is 0. The maximum atomic E-state index is 12.0. The molecule has 142 valence electrons. The van der Waals surface area contributed by atoms with Crippen molar-refractivity contribution >= 4 is 47.2 Å². The van der Waals surface area contributed by atoms with E-state index in [2.05, 4.69) is 31.1 Å². The van der Waals surface area contributed by atoms with Crippen LogP contribution < -0.4 is 16.0 Å². The molecule has 0 radical (unpaired) electrons. The molecular weight excluding hydrogens is 457 g/mol. The van der Waals surface area contributed by atoms with Gasteiger partial charge in [0.05, 0.1) is 6.54 Å². The number of aliphatic imine (C=N–C) groups is 1. The molecule has 3 aromatic rings. The summed E-state index contributed by atoms with van der Waals surface area (Å²) in [4.78, 5) is 16.5. The van der Waals surface area contributed by atoms with Gasteiger partial charge in [-0.1, -0.05) is 24.3 Å². The minimum atomic E-state index is -0.144. The molecule has 8 nitrogen and oxygen atoms in total. The van der Waals surface area contributed by atoms with Gasteiger partial charge >= 0.3 is 0 Å². The number of hydrogen-bond donors (Lipinski definition) is 3. The molecule has 3 N–H and O–H groups in total. The zero-order valence-corrected chi connectivity index (χ0v) is 17.3. The van der Waals surface area contributed by atoms with Gasteiger partial charge in [-0.2, -0.15) is 0 Å². The Morgan fingerprint density at radius 1 is 1.07 bits per heavy atom. The number of halogens is 1. The van der Waals surface area contributed by atoms with Crippen molar-refractivity contribution < 1.29 is 4.79 Å². The van der Waals surface area contributed by atoms with Crippen LogP contribution in [0.25, 0.3) is 5.65 Å². The number of aromatic nitrogens is 3. The summed E-state index contributed by atoms with van der Waals surface area (Å²) in [5.74, 6) is 1.13. The number of fused-ring (bicyclic) bond motifs is 1. The molecule has 0 aliphatic rings. The van der Waals surface area contributed by atoms with Crippen LogP contribution in [0.5, 0.6) is 0 Å². The van der Waals surface area contributed by atoms with Crippen LogP contribution in [0.2, 0.25) is 0 Å². The number of pyridine rings is 1. The van der Waals surface area contributed by atoms with Crippen molar-refractivity contribution in [3.8, 4) is 0 Å². The van der Waals surface area contributed by atoms with Crippen LogP contribution in [0.3, 0.4) is 0 Å². The number of hydrogen-bond acceptors (Lipinski definition) is 4. The first kappa shape index (κ1) is 20.6. The van der Waals surface area contributed by atoms with Crippen molar-refractivity contribution in [2.45, 2.75) is 13.5 Å². The molecule has 2 heterocycles. The third-order valence-corrected chi connectivity index (χ3v) is 3.58. The average Bonchev–Trinajstić information content (AvgIpc) is 3.08. The Labute approximate surface area is 174 Å². The molecule has 0 bridgehead atoms. The number of para-hydroxylation sites is 1. The molecule has 2 aromatic heterocycles. The molecule has 1 amide bonds. The summed E-state index contributed by atoms with van der Waals surface area (Å²) in [6.07, 6.45) is 1.90. The second-order valence-corrected chi connectivity index (χ2v) is 5.51. The highest BCUT2D eigenvalue weighted by atomic mass is 127. The molecule has 0 unspecified atom stereocenters. The van der Waals surface area contributed by atoms with Crippen LogP contribution in [-0.4, -0.2) is 39.6 Å². The number of nitrogens with zero attached hydrogens (tertiary/aromatic N) is 4.